The molecule has 0 saturated heterocycles. The van der Waals surface area contributed by atoms with Crippen LogP contribution in [0.25, 0.3) is 0 Å². The molecule has 1 aromatic carbocycles. The molecule has 1 rings (SSSR count). The molecule has 7 heteroatoms. The number of hydrogen-bond donors (Lipinski definition) is 0. The third-order valence-electron chi connectivity index (χ3n) is 2.99. The van der Waals surface area contributed by atoms with Crippen molar-refractivity contribution >= 4 is 25.7 Å². The number of rotatable bonds is 9. The zero-order valence-electron chi connectivity index (χ0n) is 13.0. The predicted octanol–water partition coefficient (Wildman–Crippen LogP) is 4.59. The Morgan fingerprint density at radius 1 is 1.45 bits per heavy atom. The van der Waals surface area contributed by atoms with Gasteiger partial charge in [-0.2, -0.15) is 0 Å². The standard InChI is InChI=1S/C15H21ClFO4P/c1-4-15(22(3)19-2)21-14(18)6-5-9-20-13-8-7-11(16)10-12(13)17/h7-8,10,15H,4-6,9H2,1-3H3. The van der Waals surface area contributed by atoms with Gasteiger partial charge in [-0.15, -0.1) is 0 Å². The van der Waals surface area contributed by atoms with Crippen LogP contribution < -0.4 is 4.74 Å². The Morgan fingerprint density at radius 3 is 2.77 bits per heavy atom. The van der Waals surface area contributed by atoms with Crippen LogP contribution in [0.15, 0.2) is 18.2 Å². The monoisotopic (exact) mass is 350 g/mol. The Bertz CT molecular complexity index is 487. The third-order valence-corrected chi connectivity index (χ3v) is 5.08. The largest absolute Gasteiger partial charge is 0.491 e. The molecule has 0 bridgehead atoms. The van der Waals surface area contributed by atoms with Gasteiger partial charge in [0.05, 0.1) is 14.8 Å². The minimum atomic E-state index is -0.773. The van der Waals surface area contributed by atoms with E-state index in [1.165, 1.54) is 12.1 Å². The van der Waals surface area contributed by atoms with E-state index in [1.807, 2.05) is 13.6 Å². The molecule has 22 heavy (non-hydrogen) atoms. The number of halogens is 2. The molecule has 2 atom stereocenters. The van der Waals surface area contributed by atoms with Gasteiger partial charge in [-0.05, 0) is 37.7 Å². The Kier molecular flexibility index (Phi) is 8.69. The minimum absolute atomic E-state index is 0.126. The summed E-state index contributed by atoms with van der Waals surface area (Å²) in [6.07, 6.45) is 1.39. The van der Waals surface area contributed by atoms with E-state index in [0.29, 0.717) is 17.9 Å². The number of hydrogen-bond acceptors (Lipinski definition) is 4. The van der Waals surface area contributed by atoms with Crippen LogP contribution in [0.5, 0.6) is 5.75 Å². The summed E-state index contributed by atoms with van der Waals surface area (Å²) in [5, 5.41) is 0.313. The molecule has 0 N–H and O–H groups in total. The SMILES string of the molecule is CCC(OC(=O)CCCOc1ccc(Cl)cc1F)P(C)OC. The maximum atomic E-state index is 13.5. The Hall–Kier alpha value is -0.900. The first-order chi connectivity index (χ1) is 10.5. The van der Waals surface area contributed by atoms with E-state index in [-0.39, 0.29) is 30.6 Å². The summed E-state index contributed by atoms with van der Waals surface area (Å²) in [4.78, 5) is 11.7. The molecule has 0 spiro atoms. The van der Waals surface area contributed by atoms with Crippen LogP contribution in [0, 0.1) is 5.82 Å². The maximum Gasteiger partial charge on any atom is 0.306 e. The lowest BCUT2D eigenvalue weighted by molar-refractivity contribution is -0.145. The summed E-state index contributed by atoms with van der Waals surface area (Å²) in [5.41, 5.74) is 0. The van der Waals surface area contributed by atoms with Crippen molar-refractivity contribution in [1.29, 1.82) is 0 Å². The van der Waals surface area contributed by atoms with Crippen molar-refractivity contribution < 1.29 is 23.2 Å². The van der Waals surface area contributed by atoms with Gasteiger partial charge in [-0.3, -0.25) is 4.79 Å². The Morgan fingerprint density at radius 2 is 2.18 bits per heavy atom. The van der Waals surface area contributed by atoms with Crippen LogP contribution in [-0.2, 0) is 14.1 Å². The highest BCUT2D eigenvalue weighted by molar-refractivity contribution is 7.52. The van der Waals surface area contributed by atoms with Crippen LogP contribution in [0.4, 0.5) is 4.39 Å². The second kappa shape index (κ2) is 9.98. The zero-order chi connectivity index (χ0) is 16.5. The Labute approximate surface area is 136 Å². The van der Waals surface area contributed by atoms with E-state index in [2.05, 4.69) is 0 Å². The van der Waals surface area contributed by atoms with E-state index in [1.54, 1.807) is 13.2 Å². The first-order valence-electron chi connectivity index (χ1n) is 7.02. The molecule has 0 heterocycles. The molecular weight excluding hydrogens is 330 g/mol. The van der Waals surface area contributed by atoms with Crippen LogP contribution in [0.1, 0.15) is 26.2 Å². The van der Waals surface area contributed by atoms with Crippen molar-refractivity contribution in [3.05, 3.63) is 29.0 Å². The fourth-order valence-corrected chi connectivity index (χ4v) is 2.91. The fourth-order valence-electron chi connectivity index (χ4n) is 1.73. The average Bonchev–Trinajstić information content (AvgIpc) is 2.50. The maximum absolute atomic E-state index is 13.5. The van der Waals surface area contributed by atoms with Crippen LogP contribution in [0.2, 0.25) is 5.02 Å². The number of carbonyl (C=O) groups is 1. The molecule has 0 radical (unpaired) electrons. The lowest BCUT2D eigenvalue weighted by Crippen LogP contribution is -2.16. The highest BCUT2D eigenvalue weighted by atomic mass is 35.5. The predicted molar refractivity (Wildman–Crippen MR) is 86.2 cm³/mol. The van der Waals surface area contributed by atoms with Gasteiger partial charge in [0.15, 0.2) is 11.6 Å². The number of benzene rings is 1. The molecule has 0 aromatic heterocycles. The van der Waals surface area contributed by atoms with Gasteiger partial charge >= 0.3 is 5.97 Å². The van der Waals surface area contributed by atoms with E-state index in [4.69, 9.17) is 25.6 Å². The van der Waals surface area contributed by atoms with E-state index in [9.17, 15) is 9.18 Å². The smallest absolute Gasteiger partial charge is 0.306 e. The fraction of sp³-hybridized carbons (Fsp3) is 0.533. The minimum Gasteiger partial charge on any atom is -0.491 e. The molecule has 124 valence electrons. The molecule has 0 aliphatic heterocycles. The molecule has 2 unspecified atom stereocenters. The van der Waals surface area contributed by atoms with Gasteiger partial charge in [0.2, 0.25) is 0 Å². The van der Waals surface area contributed by atoms with Crippen molar-refractivity contribution in [2.75, 3.05) is 20.4 Å². The highest BCUT2D eigenvalue weighted by Gasteiger charge is 2.19. The van der Waals surface area contributed by atoms with Crippen molar-refractivity contribution in [1.82, 2.24) is 0 Å². The lowest BCUT2D eigenvalue weighted by atomic mass is 10.3. The molecule has 0 fully saturated rings. The lowest BCUT2D eigenvalue weighted by Gasteiger charge is -2.21. The molecule has 0 saturated carbocycles. The van der Waals surface area contributed by atoms with E-state index >= 15 is 0 Å². The summed E-state index contributed by atoms with van der Waals surface area (Å²) in [5.74, 6) is -0.876. The summed E-state index contributed by atoms with van der Waals surface area (Å²) in [6.45, 7) is 4.10. The third kappa shape index (κ3) is 6.47. The second-order valence-corrected chi connectivity index (χ2v) is 7.08. The topological polar surface area (TPSA) is 44.8 Å². The normalized spacial score (nSPS) is 13.5. The van der Waals surface area contributed by atoms with Crippen molar-refractivity contribution in [2.45, 2.75) is 32.0 Å². The number of esters is 1. The van der Waals surface area contributed by atoms with E-state index < -0.39 is 14.0 Å². The zero-order valence-corrected chi connectivity index (χ0v) is 14.6. The van der Waals surface area contributed by atoms with Crippen molar-refractivity contribution in [3.63, 3.8) is 0 Å². The van der Waals surface area contributed by atoms with Crippen molar-refractivity contribution in [3.8, 4) is 5.75 Å². The quantitative estimate of drug-likeness (QED) is 0.371. The van der Waals surface area contributed by atoms with Crippen LogP contribution in [0.3, 0.4) is 0 Å². The molecule has 1 aromatic rings. The first-order valence-corrected chi connectivity index (χ1v) is 9.17. The first kappa shape index (κ1) is 19.1. The number of ether oxygens (including phenoxy) is 2. The summed E-state index contributed by atoms with van der Waals surface area (Å²) >= 11 is 5.65. The summed E-state index contributed by atoms with van der Waals surface area (Å²) in [7, 11) is 0.835. The van der Waals surface area contributed by atoms with Crippen LogP contribution >= 0.6 is 19.7 Å². The average molecular weight is 351 g/mol. The summed E-state index contributed by atoms with van der Waals surface area (Å²) in [6, 6.07) is 4.20. The molecule has 0 aliphatic rings. The van der Waals surface area contributed by atoms with Crippen LogP contribution in [-0.4, -0.2) is 32.2 Å². The van der Waals surface area contributed by atoms with Gasteiger partial charge in [-0.25, -0.2) is 4.39 Å². The highest BCUT2D eigenvalue weighted by Crippen LogP contribution is 2.39. The van der Waals surface area contributed by atoms with Gasteiger partial charge in [-0.1, -0.05) is 18.5 Å². The Balaban J connectivity index is 2.30. The number of carbonyl (C=O) groups excluding carboxylic acids is 1. The van der Waals surface area contributed by atoms with Gasteiger partial charge in [0, 0.05) is 18.6 Å². The van der Waals surface area contributed by atoms with E-state index in [0.717, 1.165) is 0 Å². The van der Waals surface area contributed by atoms with Gasteiger partial charge in [0.25, 0.3) is 0 Å². The molecule has 0 aliphatic carbocycles. The van der Waals surface area contributed by atoms with Gasteiger partial charge < -0.3 is 14.0 Å². The molecule has 0 amide bonds. The second-order valence-electron chi connectivity index (χ2n) is 4.61. The van der Waals surface area contributed by atoms with Gasteiger partial charge in [0.1, 0.15) is 5.85 Å². The van der Waals surface area contributed by atoms with Crippen molar-refractivity contribution in [2.24, 2.45) is 0 Å². The molecule has 4 nitrogen and oxygen atoms in total. The molecular formula is C15H21ClFO4P. The summed E-state index contributed by atoms with van der Waals surface area (Å²) < 4.78 is 29.3.